The monoisotopic (exact) mass is 395 g/mol. The van der Waals surface area contributed by atoms with E-state index >= 15 is 0 Å². The molecule has 2 aromatic carbocycles. The van der Waals surface area contributed by atoms with E-state index in [1.165, 1.54) is 0 Å². The zero-order chi connectivity index (χ0) is 17.1. The van der Waals surface area contributed by atoms with Gasteiger partial charge in [-0.05, 0) is 36.4 Å². The zero-order valence-corrected chi connectivity index (χ0v) is 15.2. The molecule has 126 valence electrons. The number of nitrogens with one attached hydrogen (secondary N) is 2. The summed E-state index contributed by atoms with van der Waals surface area (Å²) in [6.07, 6.45) is 0.856. The van der Waals surface area contributed by atoms with Crippen LogP contribution in [0, 0.1) is 0 Å². The summed E-state index contributed by atoms with van der Waals surface area (Å²) < 4.78 is 6.97. The van der Waals surface area contributed by atoms with E-state index in [9.17, 15) is 0 Å². The van der Waals surface area contributed by atoms with Crippen molar-refractivity contribution in [3.63, 3.8) is 0 Å². The lowest BCUT2D eigenvalue weighted by Crippen LogP contribution is -2.16. The fourth-order valence-corrected chi connectivity index (χ4v) is 3.05. The number of H-pyrrole nitrogens is 1. The number of para-hydroxylation sites is 2. The summed E-state index contributed by atoms with van der Waals surface area (Å²) in [5.74, 6) is 2.83. The summed E-state index contributed by atoms with van der Waals surface area (Å²) in [7, 11) is 0. The quantitative estimate of drug-likeness (QED) is 0.455. The van der Waals surface area contributed by atoms with Gasteiger partial charge in [0.2, 0.25) is 0 Å². The van der Waals surface area contributed by atoms with Gasteiger partial charge in [0.25, 0.3) is 0 Å². The summed E-state index contributed by atoms with van der Waals surface area (Å²) in [5.41, 5.74) is 3.18. The molecule has 0 radical (unpaired) electrons. The Kier molecular flexibility index (Phi) is 4.68. The molecule has 0 saturated carbocycles. The van der Waals surface area contributed by atoms with Crippen molar-refractivity contribution in [1.29, 1.82) is 0 Å². The van der Waals surface area contributed by atoms with Crippen LogP contribution in [-0.2, 0) is 13.0 Å². The third kappa shape index (κ3) is 3.83. The highest BCUT2D eigenvalue weighted by atomic mass is 79.9. The Morgan fingerprint density at radius 1 is 1.00 bits per heavy atom. The Hall–Kier alpha value is -2.37. The molecule has 0 spiro atoms. The molecule has 25 heavy (non-hydrogen) atoms. The average molecular weight is 396 g/mol. The Morgan fingerprint density at radius 3 is 2.68 bits per heavy atom. The number of furan rings is 1. The second-order valence-corrected chi connectivity index (χ2v) is 6.82. The number of rotatable bonds is 6. The molecule has 0 fully saturated rings. The molecule has 2 N–H and O–H groups in total. The first-order chi connectivity index (χ1) is 12.3. The second kappa shape index (κ2) is 7.25. The molecule has 4 aromatic rings. The van der Waals surface area contributed by atoms with Crippen LogP contribution in [0.4, 0.5) is 0 Å². The minimum atomic E-state index is 0.705. The van der Waals surface area contributed by atoms with Crippen LogP contribution in [-0.4, -0.2) is 16.5 Å². The van der Waals surface area contributed by atoms with Crippen LogP contribution >= 0.6 is 15.9 Å². The van der Waals surface area contributed by atoms with Gasteiger partial charge in [0.05, 0.1) is 17.6 Å². The number of imidazole rings is 1. The summed E-state index contributed by atoms with van der Waals surface area (Å²) in [6, 6.07) is 20.2. The van der Waals surface area contributed by atoms with Crippen molar-refractivity contribution in [3.8, 4) is 11.3 Å². The molecule has 0 aliphatic heterocycles. The van der Waals surface area contributed by atoms with Gasteiger partial charge in [0.15, 0.2) is 0 Å². The molecule has 0 bridgehead atoms. The zero-order valence-electron chi connectivity index (χ0n) is 13.6. The molecular weight excluding hydrogens is 378 g/mol. The number of aromatic nitrogens is 2. The van der Waals surface area contributed by atoms with Gasteiger partial charge in [-0.3, -0.25) is 0 Å². The molecule has 0 saturated heterocycles. The van der Waals surface area contributed by atoms with Crippen molar-refractivity contribution >= 4 is 27.0 Å². The van der Waals surface area contributed by atoms with Crippen molar-refractivity contribution in [3.05, 3.63) is 76.7 Å². The van der Waals surface area contributed by atoms with E-state index in [0.717, 1.165) is 51.4 Å². The Balaban J connectivity index is 1.31. The highest BCUT2D eigenvalue weighted by molar-refractivity contribution is 9.10. The minimum absolute atomic E-state index is 0.705. The lowest BCUT2D eigenvalue weighted by atomic mass is 10.2. The first-order valence-electron chi connectivity index (χ1n) is 8.27. The van der Waals surface area contributed by atoms with Crippen LogP contribution in [0.3, 0.4) is 0 Å². The van der Waals surface area contributed by atoms with Crippen molar-refractivity contribution in [2.45, 2.75) is 13.0 Å². The number of hydrogen-bond acceptors (Lipinski definition) is 3. The first-order valence-corrected chi connectivity index (χ1v) is 9.06. The van der Waals surface area contributed by atoms with Gasteiger partial charge in [0.1, 0.15) is 17.3 Å². The standard InChI is InChI=1S/C20H18BrN3O/c21-15-7-5-14(6-8-15)19-10-9-16(25-19)13-22-12-11-20-23-17-3-1-2-4-18(17)24-20/h1-10,22H,11-13H2,(H,23,24). The molecular formula is C20H18BrN3O. The third-order valence-corrected chi connectivity index (χ3v) is 4.60. The molecule has 0 atom stereocenters. The fourth-order valence-electron chi connectivity index (χ4n) is 2.78. The Bertz CT molecular complexity index is 939. The number of fused-ring (bicyclic) bond motifs is 1. The van der Waals surface area contributed by atoms with Crippen molar-refractivity contribution in [2.24, 2.45) is 0 Å². The maximum absolute atomic E-state index is 5.91. The fraction of sp³-hybridized carbons (Fsp3) is 0.150. The van der Waals surface area contributed by atoms with E-state index < -0.39 is 0 Å². The van der Waals surface area contributed by atoms with Crippen LogP contribution in [0.2, 0.25) is 0 Å². The van der Waals surface area contributed by atoms with Gasteiger partial charge < -0.3 is 14.7 Å². The normalized spacial score (nSPS) is 11.2. The Labute approximate surface area is 154 Å². The van der Waals surface area contributed by atoms with E-state index in [-0.39, 0.29) is 0 Å². The highest BCUT2D eigenvalue weighted by Gasteiger charge is 2.05. The van der Waals surface area contributed by atoms with Gasteiger partial charge in [-0.15, -0.1) is 0 Å². The molecule has 4 nitrogen and oxygen atoms in total. The molecule has 2 aromatic heterocycles. The van der Waals surface area contributed by atoms with Crippen molar-refractivity contribution in [2.75, 3.05) is 6.54 Å². The van der Waals surface area contributed by atoms with Gasteiger partial charge >= 0.3 is 0 Å². The maximum atomic E-state index is 5.91. The summed E-state index contributed by atoms with van der Waals surface area (Å²) >= 11 is 3.45. The van der Waals surface area contributed by atoms with Crippen LogP contribution < -0.4 is 5.32 Å². The van der Waals surface area contributed by atoms with E-state index in [2.05, 4.69) is 31.2 Å². The number of halogens is 1. The van der Waals surface area contributed by atoms with Crippen molar-refractivity contribution in [1.82, 2.24) is 15.3 Å². The summed E-state index contributed by atoms with van der Waals surface area (Å²) in [6.45, 7) is 1.55. The van der Waals surface area contributed by atoms with E-state index in [1.54, 1.807) is 0 Å². The lowest BCUT2D eigenvalue weighted by Gasteiger charge is -2.01. The molecule has 0 aliphatic carbocycles. The summed E-state index contributed by atoms with van der Waals surface area (Å²) in [4.78, 5) is 7.93. The SMILES string of the molecule is Brc1ccc(-c2ccc(CNCCc3nc4ccccc4[nH]3)o2)cc1. The first kappa shape index (κ1) is 16.1. The minimum Gasteiger partial charge on any atom is -0.460 e. The van der Waals surface area contributed by atoms with Gasteiger partial charge in [-0.2, -0.15) is 0 Å². The molecule has 4 rings (SSSR count). The van der Waals surface area contributed by atoms with Crippen molar-refractivity contribution < 1.29 is 4.42 Å². The maximum Gasteiger partial charge on any atom is 0.134 e. The molecule has 0 amide bonds. The van der Waals surface area contributed by atoms with Crippen LogP contribution in [0.5, 0.6) is 0 Å². The third-order valence-electron chi connectivity index (χ3n) is 4.07. The van der Waals surface area contributed by atoms with Crippen LogP contribution in [0.1, 0.15) is 11.6 Å². The Morgan fingerprint density at radius 2 is 1.84 bits per heavy atom. The van der Waals surface area contributed by atoms with Crippen LogP contribution in [0.15, 0.2) is 69.6 Å². The number of benzene rings is 2. The predicted molar refractivity (Wildman–Crippen MR) is 103 cm³/mol. The second-order valence-electron chi connectivity index (χ2n) is 5.90. The van der Waals surface area contributed by atoms with E-state index in [4.69, 9.17) is 4.42 Å². The number of aromatic amines is 1. The van der Waals surface area contributed by atoms with E-state index in [0.29, 0.717) is 6.54 Å². The number of nitrogens with zero attached hydrogens (tertiary/aromatic N) is 1. The van der Waals surface area contributed by atoms with Crippen LogP contribution in [0.25, 0.3) is 22.4 Å². The average Bonchev–Trinajstić information content (AvgIpc) is 3.26. The highest BCUT2D eigenvalue weighted by Crippen LogP contribution is 2.23. The predicted octanol–water partition coefficient (Wildman–Crippen LogP) is 4.92. The van der Waals surface area contributed by atoms with E-state index in [1.807, 2.05) is 60.7 Å². The summed E-state index contributed by atoms with van der Waals surface area (Å²) in [5, 5.41) is 3.41. The molecule has 0 unspecified atom stereocenters. The number of hydrogen-bond donors (Lipinski definition) is 2. The molecule has 5 heteroatoms. The van der Waals surface area contributed by atoms with Gasteiger partial charge in [-0.1, -0.05) is 40.2 Å². The molecule has 0 aliphatic rings. The van der Waals surface area contributed by atoms with Gasteiger partial charge in [0, 0.05) is 23.0 Å². The largest absolute Gasteiger partial charge is 0.460 e. The lowest BCUT2D eigenvalue weighted by molar-refractivity contribution is 0.494. The smallest absolute Gasteiger partial charge is 0.134 e. The van der Waals surface area contributed by atoms with Gasteiger partial charge in [-0.25, -0.2) is 4.98 Å². The molecule has 2 heterocycles. The topological polar surface area (TPSA) is 53.9 Å².